The Labute approximate surface area is 143 Å². The maximum atomic E-state index is 5.47. The molecule has 1 aromatic carbocycles. The van der Waals surface area contributed by atoms with Gasteiger partial charge in [-0.25, -0.2) is 0 Å². The third-order valence-corrected chi connectivity index (χ3v) is 3.88. The van der Waals surface area contributed by atoms with Gasteiger partial charge in [-0.1, -0.05) is 29.4 Å². The maximum absolute atomic E-state index is 5.47. The Morgan fingerprint density at radius 3 is 2.55 bits per heavy atom. The number of piperazine rings is 1. The van der Waals surface area contributed by atoms with Crippen LogP contribution in [0.2, 0.25) is 0 Å². The first-order valence-electron chi connectivity index (χ1n) is 7.10. The molecular weight excluding hydrogens is 323 g/mol. The first kappa shape index (κ1) is 18.9. The summed E-state index contributed by atoms with van der Waals surface area (Å²) in [5.41, 5.74) is 2.20. The van der Waals surface area contributed by atoms with Crippen LogP contribution >= 0.6 is 24.8 Å². The second-order valence-corrected chi connectivity index (χ2v) is 5.23. The first-order valence-corrected chi connectivity index (χ1v) is 7.10. The van der Waals surface area contributed by atoms with Crippen LogP contribution in [0, 0.1) is 6.92 Å². The molecule has 1 unspecified atom stereocenters. The van der Waals surface area contributed by atoms with Crippen LogP contribution in [-0.4, -0.2) is 41.2 Å². The van der Waals surface area contributed by atoms with Gasteiger partial charge >= 0.3 is 0 Å². The number of nitrogens with zero attached hydrogens (tertiary/aromatic N) is 3. The molecule has 5 nitrogen and oxygen atoms in total. The van der Waals surface area contributed by atoms with Crippen LogP contribution in [-0.2, 0) is 0 Å². The molecule has 2 heterocycles. The summed E-state index contributed by atoms with van der Waals surface area (Å²) in [6.45, 7) is 8.25. The molecule has 1 atom stereocenters. The Bertz CT molecular complexity index is 584. The van der Waals surface area contributed by atoms with Crippen molar-refractivity contribution < 1.29 is 4.52 Å². The van der Waals surface area contributed by atoms with Gasteiger partial charge in [0.1, 0.15) is 0 Å². The molecule has 0 saturated carbocycles. The minimum absolute atomic E-state index is 0. The van der Waals surface area contributed by atoms with E-state index in [-0.39, 0.29) is 30.9 Å². The van der Waals surface area contributed by atoms with Crippen LogP contribution in [0.15, 0.2) is 28.8 Å². The van der Waals surface area contributed by atoms with Gasteiger partial charge < -0.3 is 9.84 Å². The zero-order chi connectivity index (χ0) is 13.9. The van der Waals surface area contributed by atoms with Crippen LogP contribution in [0.25, 0.3) is 11.4 Å². The van der Waals surface area contributed by atoms with E-state index >= 15 is 0 Å². The average molecular weight is 345 g/mol. The Kier molecular flexibility index (Phi) is 7.29. The molecule has 1 aliphatic rings. The van der Waals surface area contributed by atoms with Crippen molar-refractivity contribution in [2.24, 2.45) is 0 Å². The molecule has 0 radical (unpaired) electrons. The highest BCUT2D eigenvalue weighted by Gasteiger charge is 2.23. The molecule has 1 aliphatic heterocycles. The third kappa shape index (κ3) is 3.98. The second-order valence-electron chi connectivity index (χ2n) is 5.23. The van der Waals surface area contributed by atoms with Gasteiger partial charge in [0.25, 0.3) is 0 Å². The molecule has 122 valence electrons. The third-order valence-electron chi connectivity index (χ3n) is 3.88. The zero-order valence-electron chi connectivity index (χ0n) is 12.8. The largest absolute Gasteiger partial charge is 0.337 e. The monoisotopic (exact) mass is 344 g/mol. The molecular formula is C15H22Cl2N4O. The Morgan fingerprint density at radius 2 is 1.86 bits per heavy atom. The topological polar surface area (TPSA) is 54.2 Å². The predicted octanol–water partition coefficient (Wildman–Crippen LogP) is 2.85. The number of halogens is 2. The van der Waals surface area contributed by atoms with Crippen molar-refractivity contribution in [2.45, 2.75) is 19.9 Å². The lowest BCUT2D eigenvalue weighted by atomic mass is 10.1. The van der Waals surface area contributed by atoms with Crippen molar-refractivity contribution in [1.29, 1.82) is 0 Å². The van der Waals surface area contributed by atoms with Gasteiger partial charge in [0.2, 0.25) is 11.7 Å². The average Bonchev–Trinajstić information content (AvgIpc) is 2.97. The van der Waals surface area contributed by atoms with Gasteiger partial charge in [-0.2, -0.15) is 4.98 Å². The molecule has 1 N–H and O–H groups in total. The summed E-state index contributed by atoms with van der Waals surface area (Å²) in [6.07, 6.45) is 0. The van der Waals surface area contributed by atoms with E-state index in [2.05, 4.69) is 40.3 Å². The lowest BCUT2D eigenvalue weighted by molar-refractivity contribution is 0.154. The smallest absolute Gasteiger partial charge is 0.244 e. The number of hydrogen-bond acceptors (Lipinski definition) is 5. The summed E-state index contributed by atoms with van der Waals surface area (Å²) in [5, 5.41) is 7.49. The van der Waals surface area contributed by atoms with Crippen LogP contribution in [0.5, 0.6) is 0 Å². The maximum Gasteiger partial charge on any atom is 0.244 e. The summed E-state index contributed by atoms with van der Waals surface area (Å²) in [5.74, 6) is 1.38. The number of benzene rings is 1. The van der Waals surface area contributed by atoms with E-state index < -0.39 is 0 Å². The van der Waals surface area contributed by atoms with E-state index in [4.69, 9.17) is 4.52 Å². The highest BCUT2D eigenvalue weighted by Crippen LogP contribution is 2.24. The molecule has 22 heavy (non-hydrogen) atoms. The Balaban J connectivity index is 0.00000121. The minimum Gasteiger partial charge on any atom is -0.337 e. The molecule has 0 bridgehead atoms. The van der Waals surface area contributed by atoms with Crippen molar-refractivity contribution in [3.63, 3.8) is 0 Å². The molecule has 7 heteroatoms. The van der Waals surface area contributed by atoms with Crippen LogP contribution in [0.4, 0.5) is 0 Å². The second kappa shape index (κ2) is 8.48. The summed E-state index contributed by atoms with van der Waals surface area (Å²) in [6, 6.07) is 8.27. The number of hydrogen-bond donors (Lipinski definition) is 1. The molecule has 0 spiro atoms. The normalized spacial score (nSPS) is 16.5. The van der Waals surface area contributed by atoms with Gasteiger partial charge in [-0.3, -0.25) is 4.90 Å². The highest BCUT2D eigenvalue weighted by atomic mass is 35.5. The number of aromatic nitrogens is 2. The fraction of sp³-hybridized carbons (Fsp3) is 0.467. The zero-order valence-corrected chi connectivity index (χ0v) is 14.4. The fourth-order valence-electron chi connectivity index (χ4n) is 2.56. The van der Waals surface area contributed by atoms with E-state index in [1.54, 1.807) is 0 Å². The van der Waals surface area contributed by atoms with Crippen LogP contribution < -0.4 is 5.32 Å². The van der Waals surface area contributed by atoms with Gasteiger partial charge in [-0.05, 0) is 19.4 Å². The summed E-state index contributed by atoms with van der Waals surface area (Å²) >= 11 is 0. The van der Waals surface area contributed by atoms with E-state index in [9.17, 15) is 0 Å². The lowest BCUT2D eigenvalue weighted by Gasteiger charge is -2.30. The van der Waals surface area contributed by atoms with E-state index in [0.717, 1.165) is 37.3 Å². The molecule has 3 rings (SSSR count). The number of rotatable bonds is 3. The summed E-state index contributed by atoms with van der Waals surface area (Å²) < 4.78 is 5.47. The molecule has 0 aliphatic carbocycles. The van der Waals surface area contributed by atoms with Gasteiger partial charge in [-0.15, -0.1) is 24.8 Å². The lowest BCUT2D eigenvalue weighted by Crippen LogP contribution is -2.44. The van der Waals surface area contributed by atoms with E-state index in [1.165, 1.54) is 0 Å². The van der Waals surface area contributed by atoms with E-state index in [0.29, 0.717) is 11.7 Å². The Hall–Kier alpha value is -1.14. The van der Waals surface area contributed by atoms with Crippen LogP contribution in [0.1, 0.15) is 24.4 Å². The van der Waals surface area contributed by atoms with Crippen molar-refractivity contribution >= 4 is 24.8 Å². The molecule has 1 saturated heterocycles. The van der Waals surface area contributed by atoms with Crippen LogP contribution in [0.3, 0.4) is 0 Å². The molecule has 0 amide bonds. The fourth-order valence-corrected chi connectivity index (χ4v) is 2.56. The summed E-state index contributed by atoms with van der Waals surface area (Å²) in [4.78, 5) is 6.94. The SMILES string of the molecule is Cc1ccccc1-c1noc(C(C)N2CCNCC2)n1.Cl.Cl. The predicted molar refractivity (Wildman–Crippen MR) is 91.8 cm³/mol. The van der Waals surface area contributed by atoms with Gasteiger partial charge in [0, 0.05) is 31.7 Å². The van der Waals surface area contributed by atoms with Crippen molar-refractivity contribution in [3.8, 4) is 11.4 Å². The number of aryl methyl sites for hydroxylation is 1. The van der Waals surface area contributed by atoms with E-state index in [1.807, 2.05) is 18.2 Å². The number of nitrogens with one attached hydrogen (secondary N) is 1. The first-order chi connectivity index (χ1) is 9.75. The van der Waals surface area contributed by atoms with Crippen molar-refractivity contribution in [1.82, 2.24) is 20.4 Å². The molecule has 1 aromatic heterocycles. The quantitative estimate of drug-likeness (QED) is 0.927. The molecule has 2 aromatic rings. The van der Waals surface area contributed by atoms with Crippen molar-refractivity contribution in [3.05, 3.63) is 35.7 Å². The van der Waals surface area contributed by atoms with Gasteiger partial charge in [0.05, 0.1) is 6.04 Å². The van der Waals surface area contributed by atoms with Gasteiger partial charge in [0.15, 0.2) is 0 Å². The molecule has 1 fully saturated rings. The Morgan fingerprint density at radius 1 is 1.18 bits per heavy atom. The summed E-state index contributed by atoms with van der Waals surface area (Å²) in [7, 11) is 0. The van der Waals surface area contributed by atoms with Crippen molar-refractivity contribution in [2.75, 3.05) is 26.2 Å². The minimum atomic E-state index is 0. The highest BCUT2D eigenvalue weighted by molar-refractivity contribution is 5.85. The standard InChI is InChI=1S/C15H20N4O.2ClH/c1-11-5-3-4-6-13(11)14-17-15(20-18-14)12(2)19-9-7-16-8-10-19;;/h3-6,12,16H,7-10H2,1-2H3;2*1H.